The van der Waals surface area contributed by atoms with E-state index in [0.717, 1.165) is 0 Å². The Labute approximate surface area is 117 Å². The average molecular weight is 324 g/mol. The Bertz CT molecular complexity index is 637. The molecule has 0 radical (unpaired) electrons. The molecular weight excluding hydrogens is 314 g/mol. The van der Waals surface area contributed by atoms with Gasteiger partial charge in [0.15, 0.2) is 10.5 Å². The maximum Gasteiger partial charge on any atom is 0.260 e. The standard InChI is InChI=1S/C12H10BrN3O3/c13-10-9(4-5-19-10)12(17)15-8-3-1-2-7(6-8)11(14)16-18/h1-6,18H,(H2,14,16)(H,15,17). The van der Waals surface area contributed by atoms with Crippen molar-refractivity contribution in [2.75, 3.05) is 5.32 Å². The van der Waals surface area contributed by atoms with Gasteiger partial charge in [-0.25, -0.2) is 0 Å². The molecule has 4 N–H and O–H groups in total. The molecule has 2 rings (SSSR count). The van der Waals surface area contributed by atoms with E-state index in [9.17, 15) is 4.79 Å². The van der Waals surface area contributed by atoms with Gasteiger partial charge in [0.25, 0.3) is 5.91 Å². The summed E-state index contributed by atoms with van der Waals surface area (Å²) >= 11 is 3.13. The second-order valence-corrected chi connectivity index (χ2v) is 4.35. The van der Waals surface area contributed by atoms with E-state index >= 15 is 0 Å². The van der Waals surface area contributed by atoms with Gasteiger partial charge < -0.3 is 20.7 Å². The van der Waals surface area contributed by atoms with Crippen molar-refractivity contribution in [3.05, 3.63) is 52.4 Å². The van der Waals surface area contributed by atoms with Crippen molar-refractivity contribution < 1.29 is 14.4 Å². The van der Waals surface area contributed by atoms with E-state index in [1.54, 1.807) is 30.3 Å². The number of nitrogens with zero attached hydrogens (tertiary/aromatic N) is 1. The predicted molar refractivity (Wildman–Crippen MR) is 73.3 cm³/mol. The molecule has 0 saturated heterocycles. The number of oxime groups is 1. The summed E-state index contributed by atoms with van der Waals surface area (Å²) in [4.78, 5) is 11.9. The Morgan fingerprint density at radius 1 is 1.42 bits per heavy atom. The molecule has 19 heavy (non-hydrogen) atoms. The third kappa shape index (κ3) is 2.94. The van der Waals surface area contributed by atoms with Gasteiger partial charge in [-0.1, -0.05) is 17.3 Å². The zero-order valence-electron chi connectivity index (χ0n) is 9.63. The van der Waals surface area contributed by atoms with Gasteiger partial charge in [-0.05, 0) is 34.1 Å². The molecule has 1 aromatic carbocycles. The van der Waals surface area contributed by atoms with Crippen LogP contribution in [-0.2, 0) is 0 Å². The number of rotatable bonds is 3. The van der Waals surface area contributed by atoms with Crippen molar-refractivity contribution in [2.24, 2.45) is 10.9 Å². The summed E-state index contributed by atoms with van der Waals surface area (Å²) in [5, 5.41) is 14.2. The molecule has 0 fully saturated rings. The Morgan fingerprint density at radius 3 is 2.84 bits per heavy atom. The van der Waals surface area contributed by atoms with Crippen molar-refractivity contribution in [1.82, 2.24) is 0 Å². The van der Waals surface area contributed by atoms with Crippen LogP contribution in [0.25, 0.3) is 0 Å². The first kappa shape index (κ1) is 13.2. The van der Waals surface area contributed by atoms with Gasteiger partial charge in [0, 0.05) is 11.3 Å². The summed E-state index contributed by atoms with van der Waals surface area (Å²) < 4.78 is 5.35. The lowest BCUT2D eigenvalue weighted by atomic mass is 10.2. The van der Waals surface area contributed by atoms with Crippen molar-refractivity contribution in [3.8, 4) is 0 Å². The van der Waals surface area contributed by atoms with Crippen LogP contribution in [0, 0.1) is 0 Å². The van der Waals surface area contributed by atoms with Crippen LogP contribution >= 0.6 is 15.9 Å². The molecule has 0 unspecified atom stereocenters. The largest absolute Gasteiger partial charge is 0.457 e. The molecule has 0 bridgehead atoms. The molecular formula is C12H10BrN3O3. The summed E-state index contributed by atoms with van der Waals surface area (Å²) in [7, 11) is 0. The SMILES string of the molecule is N/C(=N/O)c1cccc(NC(=O)c2ccoc2Br)c1. The maximum absolute atomic E-state index is 11.9. The number of hydrogen-bond donors (Lipinski definition) is 3. The number of carbonyl (C=O) groups excluding carboxylic acids is 1. The number of anilines is 1. The fourth-order valence-electron chi connectivity index (χ4n) is 1.47. The van der Waals surface area contributed by atoms with Gasteiger partial charge in [0.05, 0.1) is 11.8 Å². The number of hydrogen-bond acceptors (Lipinski definition) is 4. The minimum absolute atomic E-state index is 0.0272. The van der Waals surface area contributed by atoms with E-state index in [1.165, 1.54) is 6.26 Å². The first-order valence-corrected chi connectivity index (χ1v) is 6.03. The van der Waals surface area contributed by atoms with Crippen LogP contribution in [0.4, 0.5) is 5.69 Å². The Kier molecular flexibility index (Phi) is 3.86. The lowest BCUT2D eigenvalue weighted by Crippen LogP contribution is -2.15. The third-order valence-corrected chi connectivity index (χ3v) is 3.00. The number of carbonyl (C=O) groups is 1. The fraction of sp³-hybridized carbons (Fsp3) is 0. The molecule has 0 aliphatic heterocycles. The van der Waals surface area contributed by atoms with E-state index in [-0.39, 0.29) is 11.7 Å². The van der Waals surface area contributed by atoms with E-state index in [0.29, 0.717) is 21.5 Å². The number of furan rings is 1. The lowest BCUT2D eigenvalue weighted by molar-refractivity contribution is 0.102. The van der Waals surface area contributed by atoms with Crippen LogP contribution in [-0.4, -0.2) is 17.0 Å². The number of amidine groups is 1. The minimum atomic E-state index is -0.322. The quantitative estimate of drug-likeness (QED) is 0.349. The highest BCUT2D eigenvalue weighted by molar-refractivity contribution is 9.10. The first-order valence-electron chi connectivity index (χ1n) is 5.24. The van der Waals surface area contributed by atoms with Crippen molar-refractivity contribution in [2.45, 2.75) is 0 Å². The van der Waals surface area contributed by atoms with Gasteiger partial charge in [-0.2, -0.15) is 0 Å². The van der Waals surface area contributed by atoms with Crippen LogP contribution in [0.15, 0.2) is 50.8 Å². The highest BCUT2D eigenvalue weighted by Crippen LogP contribution is 2.19. The highest BCUT2D eigenvalue weighted by atomic mass is 79.9. The van der Waals surface area contributed by atoms with Crippen LogP contribution in [0.1, 0.15) is 15.9 Å². The molecule has 7 heteroatoms. The number of amides is 1. The molecule has 0 aliphatic rings. The lowest BCUT2D eigenvalue weighted by Gasteiger charge is -2.06. The molecule has 0 saturated carbocycles. The van der Waals surface area contributed by atoms with E-state index < -0.39 is 0 Å². The summed E-state index contributed by atoms with van der Waals surface area (Å²) in [5.74, 6) is -0.349. The zero-order valence-corrected chi connectivity index (χ0v) is 11.2. The summed E-state index contributed by atoms with van der Waals surface area (Å²) in [6.07, 6.45) is 1.41. The first-order chi connectivity index (χ1) is 9.11. The third-order valence-electron chi connectivity index (χ3n) is 2.39. The van der Waals surface area contributed by atoms with E-state index in [2.05, 4.69) is 26.4 Å². The summed E-state index contributed by atoms with van der Waals surface area (Å²) in [6, 6.07) is 8.19. The predicted octanol–water partition coefficient (Wildman–Crippen LogP) is 2.39. The molecule has 98 valence electrons. The molecule has 0 atom stereocenters. The van der Waals surface area contributed by atoms with Gasteiger partial charge >= 0.3 is 0 Å². The summed E-state index contributed by atoms with van der Waals surface area (Å²) in [5.41, 5.74) is 6.90. The van der Waals surface area contributed by atoms with Crippen molar-refractivity contribution in [3.63, 3.8) is 0 Å². The van der Waals surface area contributed by atoms with Gasteiger partial charge in [-0.15, -0.1) is 0 Å². The van der Waals surface area contributed by atoms with E-state index in [4.69, 9.17) is 15.4 Å². The normalized spacial score (nSPS) is 11.3. The monoisotopic (exact) mass is 323 g/mol. The van der Waals surface area contributed by atoms with Gasteiger partial charge in [-0.3, -0.25) is 4.79 Å². The molecule has 0 spiro atoms. The van der Waals surface area contributed by atoms with Crippen molar-refractivity contribution in [1.29, 1.82) is 0 Å². The molecule has 0 aliphatic carbocycles. The second-order valence-electron chi connectivity index (χ2n) is 3.63. The van der Waals surface area contributed by atoms with Gasteiger partial charge in [0.1, 0.15) is 0 Å². The fourth-order valence-corrected chi connectivity index (χ4v) is 1.89. The van der Waals surface area contributed by atoms with Crippen molar-refractivity contribution >= 4 is 33.4 Å². The second kappa shape index (κ2) is 5.57. The number of nitrogens with two attached hydrogens (primary N) is 1. The van der Waals surface area contributed by atoms with Gasteiger partial charge in [0.2, 0.25) is 0 Å². The Hall–Kier alpha value is -2.28. The molecule has 1 heterocycles. The number of nitrogens with one attached hydrogen (secondary N) is 1. The van der Waals surface area contributed by atoms with Crippen LogP contribution < -0.4 is 11.1 Å². The molecule has 2 aromatic rings. The summed E-state index contributed by atoms with van der Waals surface area (Å²) in [6.45, 7) is 0. The average Bonchev–Trinajstić information content (AvgIpc) is 2.84. The molecule has 1 aromatic heterocycles. The molecule has 6 nitrogen and oxygen atoms in total. The Morgan fingerprint density at radius 2 is 2.21 bits per heavy atom. The van der Waals surface area contributed by atoms with Crippen LogP contribution in [0.2, 0.25) is 0 Å². The minimum Gasteiger partial charge on any atom is -0.457 e. The molecule has 1 amide bonds. The van der Waals surface area contributed by atoms with E-state index in [1.807, 2.05) is 0 Å². The Balaban J connectivity index is 2.20. The maximum atomic E-state index is 11.9. The topological polar surface area (TPSA) is 101 Å². The highest BCUT2D eigenvalue weighted by Gasteiger charge is 2.13. The number of halogens is 1. The van der Waals surface area contributed by atoms with Crippen LogP contribution in [0.3, 0.4) is 0 Å². The van der Waals surface area contributed by atoms with Crippen LogP contribution in [0.5, 0.6) is 0 Å². The number of benzene rings is 1. The smallest absolute Gasteiger partial charge is 0.260 e. The zero-order chi connectivity index (χ0) is 13.8.